The highest BCUT2D eigenvalue weighted by Crippen LogP contribution is 2.21. The van der Waals surface area contributed by atoms with E-state index in [0.29, 0.717) is 19.5 Å². The number of benzene rings is 1. The largest absolute Gasteiger partial charge is 0.481 e. The average Bonchev–Trinajstić information content (AvgIpc) is 2.60. The van der Waals surface area contributed by atoms with E-state index in [1.165, 1.54) is 4.31 Å². The van der Waals surface area contributed by atoms with Crippen LogP contribution in [0.3, 0.4) is 0 Å². The van der Waals surface area contributed by atoms with Crippen molar-refractivity contribution in [3.05, 3.63) is 29.8 Å². The summed E-state index contributed by atoms with van der Waals surface area (Å²) in [4.78, 5) is 22.7. The van der Waals surface area contributed by atoms with Crippen LogP contribution in [0.1, 0.15) is 44.6 Å². The molecular weight excluding hydrogens is 356 g/mol. The molecule has 1 amide bonds. The zero-order valence-electron chi connectivity index (χ0n) is 15.0. The first-order valence-corrected chi connectivity index (χ1v) is 10.3. The molecule has 1 atom stereocenters. The molecule has 1 fully saturated rings. The number of nitrogens with one attached hydrogen (secondary N) is 1. The van der Waals surface area contributed by atoms with Gasteiger partial charge in [-0.2, -0.15) is 4.31 Å². The first-order valence-electron chi connectivity index (χ1n) is 8.89. The summed E-state index contributed by atoms with van der Waals surface area (Å²) in [5, 5.41) is 11.3. The lowest BCUT2D eigenvalue weighted by Gasteiger charge is -2.25. The summed E-state index contributed by atoms with van der Waals surface area (Å²) in [7, 11) is -3.44. The van der Waals surface area contributed by atoms with Crippen molar-refractivity contribution in [2.45, 2.75) is 56.4 Å². The molecule has 1 aromatic rings. The van der Waals surface area contributed by atoms with E-state index in [1.807, 2.05) is 0 Å². The van der Waals surface area contributed by atoms with Crippen molar-refractivity contribution in [3.8, 4) is 0 Å². The molecule has 8 heteroatoms. The maximum atomic E-state index is 12.6. The molecule has 1 heterocycles. The molecular formula is C18H26N2O5S. The smallest absolute Gasteiger partial charge is 0.305 e. The van der Waals surface area contributed by atoms with Crippen LogP contribution in [0.25, 0.3) is 0 Å². The summed E-state index contributed by atoms with van der Waals surface area (Å²) in [5.41, 5.74) is 0.864. The van der Waals surface area contributed by atoms with Crippen LogP contribution in [0.15, 0.2) is 29.2 Å². The molecule has 0 spiro atoms. The van der Waals surface area contributed by atoms with E-state index in [4.69, 9.17) is 5.11 Å². The Hall–Kier alpha value is -1.93. The molecule has 0 bridgehead atoms. The highest BCUT2D eigenvalue weighted by Gasteiger charge is 2.25. The Morgan fingerprint density at radius 1 is 1.15 bits per heavy atom. The minimum absolute atomic E-state index is 0.116. The molecule has 0 aliphatic carbocycles. The van der Waals surface area contributed by atoms with Crippen molar-refractivity contribution >= 4 is 21.9 Å². The van der Waals surface area contributed by atoms with Gasteiger partial charge in [0.05, 0.1) is 11.3 Å². The molecule has 0 saturated carbocycles. The van der Waals surface area contributed by atoms with Crippen LogP contribution in [-0.4, -0.2) is 48.8 Å². The summed E-state index contributed by atoms with van der Waals surface area (Å²) in [6.45, 7) is 2.78. The zero-order valence-corrected chi connectivity index (χ0v) is 15.8. The first-order chi connectivity index (χ1) is 12.3. The van der Waals surface area contributed by atoms with Gasteiger partial charge in [-0.05, 0) is 43.9 Å². The molecule has 1 aliphatic rings. The van der Waals surface area contributed by atoms with Gasteiger partial charge >= 0.3 is 5.97 Å². The fraction of sp³-hybridized carbons (Fsp3) is 0.556. The van der Waals surface area contributed by atoms with E-state index >= 15 is 0 Å². The molecule has 0 radical (unpaired) electrons. The average molecular weight is 382 g/mol. The van der Waals surface area contributed by atoms with Crippen molar-refractivity contribution in [2.24, 2.45) is 0 Å². The van der Waals surface area contributed by atoms with Crippen molar-refractivity contribution < 1.29 is 23.1 Å². The number of nitrogens with zero attached hydrogens (tertiary/aromatic N) is 1. The standard InChI is InChI=1S/C18H26N2O5S/c1-14(13-18(22)23)19-17(21)10-7-15-5-8-16(9-6-15)26(24,25)20-11-3-2-4-12-20/h5-6,8-9,14H,2-4,7,10-13H2,1H3,(H,19,21)(H,22,23). The number of aryl methyl sites for hydroxylation is 1. The third-order valence-corrected chi connectivity index (χ3v) is 6.32. The number of carbonyl (C=O) groups is 2. The number of rotatable bonds is 8. The second-order valence-electron chi connectivity index (χ2n) is 6.68. The van der Waals surface area contributed by atoms with E-state index in [-0.39, 0.29) is 23.6 Å². The first kappa shape index (κ1) is 20.4. The lowest BCUT2D eigenvalue weighted by atomic mass is 10.1. The normalized spacial score (nSPS) is 16.8. The van der Waals surface area contributed by atoms with Crippen molar-refractivity contribution in [2.75, 3.05) is 13.1 Å². The maximum Gasteiger partial charge on any atom is 0.305 e. The summed E-state index contributed by atoms with van der Waals surface area (Å²) in [5.74, 6) is -1.17. The number of piperidine rings is 1. The number of carboxylic acid groups (broad SMARTS) is 1. The van der Waals surface area contributed by atoms with Crippen LogP contribution < -0.4 is 5.32 Å². The Kier molecular flexibility index (Phi) is 7.16. The fourth-order valence-electron chi connectivity index (χ4n) is 3.00. The third kappa shape index (κ3) is 5.81. The van der Waals surface area contributed by atoms with Gasteiger partial charge in [0.2, 0.25) is 15.9 Å². The molecule has 2 rings (SSSR count). The van der Waals surface area contributed by atoms with E-state index in [1.54, 1.807) is 31.2 Å². The second-order valence-corrected chi connectivity index (χ2v) is 8.61. The minimum Gasteiger partial charge on any atom is -0.481 e. The maximum absolute atomic E-state index is 12.6. The molecule has 0 aromatic heterocycles. The Morgan fingerprint density at radius 3 is 2.35 bits per heavy atom. The summed E-state index contributed by atoms with van der Waals surface area (Å²) < 4.78 is 26.7. The van der Waals surface area contributed by atoms with Crippen LogP contribution in [0.2, 0.25) is 0 Å². The molecule has 1 saturated heterocycles. The number of aliphatic carboxylic acids is 1. The van der Waals surface area contributed by atoms with Gasteiger partial charge in [-0.15, -0.1) is 0 Å². The number of hydrogen-bond acceptors (Lipinski definition) is 4. The zero-order chi connectivity index (χ0) is 19.2. The van der Waals surface area contributed by atoms with E-state index in [9.17, 15) is 18.0 Å². The Bertz CT molecular complexity index is 724. The predicted octanol–water partition coefficient (Wildman–Crippen LogP) is 1.77. The Labute approximate surface area is 154 Å². The number of amides is 1. The van der Waals surface area contributed by atoms with Gasteiger partial charge in [0, 0.05) is 25.6 Å². The fourth-order valence-corrected chi connectivity index (χ4v) is 4.52. The lowest BCUT2D eigenvalue weighted by Crippen LogP contribution is -2.35. The van der Waals surface area contributed by atoms with Gasteiger partial charge in [-0.25, -0.2) is 8.42 Å². The second kappa shape index (κ2) is 9.14. The molecule has 1 aromatic carbocycles. The Balaban J connectivity index is 1.89. The molecule has 1 aliphatic heterocycles. The van der Waals surface area contributed by atoms with Gasteiger partial charge in [0.1, 0.15) is 0 Å². The monoisotopic (exact) mass is 382 g/mol. The molecule has 7 nitrogen and oxygen atoms in total. The minimum atomic E-state index is -3.44. The van der Waals surface area contributed by atoms with Crippen LogP contribution >= 0.6 is 0 Å². The topological polar surface area (TPSA) is 104 Å². The van der Waals surface area contributed by atoms with E-state index in [2.05, 4.69) is 5.32 Å². The van der Waals surface area contributed by atoms with Crippen molar-refractivity contribution in [1.82, 2.24) is 9.62 Å². The quantitative estimate of drug-likeness (QED) is 0.713. The van der Waals surface area contributed by atoms with Crippen LogP contribution in [-0.2, 0) is 26.0 Å². The van der Waals surface area contributed by atoms with Crippen LogP contribution in [0.5, 0.6) is 0 Å². The molecule has 144 valence electrons. The SMILES string of the molecule is CC(CC(=O)O)NC(=O)CCc1ccc(S(=O)(=O)N2CCCCC2)cc1. The van der Waals surface area contributed by atoms with Gasteiger partial charge in [0.15, 0.2) is 0 Å². The van der Waals surface area contributed by atoms with Crippen molar-refractivity contribution in [1.29, 1.82) is 0 Å². The molecule has 2 N–H and O–H groups in total. The number of sulfonamides is 1. The Morgan fingerprint density at radius 2 is 1.77 bits per heavy atom. The van der Waals surface area contributed by atoms with E-state index in [0.717, 1.165) is 24.8 Å². The third-order valence-electron chi connectivity index (χ3n) is 4.41. The summed E-state index contributed by atoms with van der Waals surface area (Å²) >= 11 is 0. The van der Waals surface area contributed by atoms with Crippen molar-refractivity contribution in [3.63, 3.8) is 0 Å². The number of carboxylic acids is 1. The van der Waals surface area contributed by atoms with Gasteiger partial charge in [-0.3, -0.25) is 9.59 Å². The van der Waals surface area contributed by atoms with Crippen LogP contribution in [0, 0.1) is 0 Å². The summed E-state index contributed by atoms with van der Waals surface area (Å²) in [6, 6.07) is 6.21. The predicted molar refractivity (Wildman–Crippen MR) is 97.2 cm³/mol. The highest BCUT2D eigenvalue weighted by atomic mass is 32.2. The highest BCUT2D eigenvalue weighted by molar-refractivity contribution is 7.89. The van der Waals surface area contributed by atoms with Gasteiger partial charge in [-0.1, -0.05) is 18.6 Å². The van der Waals surface area contributed by atoms with Crippen LogP contribution in [0.4, 0.5) is 0 Å². The number of carbonyl (C=O) groups excluding carboxylic acids is 1. The molecule has 26 heavy (non-hydrogen) atoms. The summed E-state index contributed by atoms with van der Waals surface area (Å²) in [6.07, 6.45) is 3.43. The van der Waals surface area contributed by atoms with Gasteiger partial charge in [0.25, 0.3) is 0 Å². The van der Waals surface area contributed by atoms with Gasteiger partial charge < -0.3 is 10.4 Å². The lowest BCUT2D eigenvalue weighted by molar-refractivity contribution is -0.137. The molecule has 1 unspecified atom stereocenters. The number of hydrogen-bond donors (Lipinski definition) is 2. The van der Waals surface area contributed by atoms with E-state index < -0.39 is 22.0 Å².